The van der Waals surface area contributed by atoms with E-state index in [1.807, 2.05) is 36.1 Å². The van der Waals surface area contributed by atoms with Crippen LogP contribution in [0.25, 0.3) is 0 Å². The van der Waals surface area contributed by atoms with E-state index in [1.165, 1.54) is 11.1 Å². The van der Waals surface area contributed by atoms with Crippen molar-refractivity contribution in [2.45, 2.75) is 39.7 Å². The fourth-order valence-corrected chi connectivity index (χ4v) is 3.61. The number of nitrogens with one attached hydrogen (secondary N) is 1. The molecule has 3 rings (SSSR count). The molecule has 0 aromatic heterocycles. The maximum Gasteiger partial charge on any atom is 0.322 e. The summed E-state index contributed by atoms with van der Waals surface area (Å²) < 4.78 is 0. The molecule has 3 heteroatoms. The van der Waals surface area contributed by atoms with Gasteiger partial charge in [0, 0.05) is 12.2 Å². The smallest absolute Gasteiger partial charge is 0.317 e. The number of amides is 2. The van der Waals surface area contributed by atoms with E-state index < -0.39 is 0 Å². The van der Waals surface area contributed by atoms with Crippen LogP contribution in [0, 0.1) is 19.8 Å². The van der Waals surface area contributed by atoms with Crippen molar-refractivity contribution >= 4 is 11.7 Å². The van der Waals surface area contributed by atoms with Crippen LogP contribution in [-0.4, -0.2) is 17.5 Å². The Bertz CT molecular complexity index is 708. The van der Waals surface area contributed by atoms with Crippen molar-refractivity contribution in [3.8, 4) is 0 Å². The molecule has 1 aliphatic rings. The number of aryl methyl sites for hydroxylation is 2. The lowest BCUT2D eigenvalue weighted by Crippen LogP contribution is -2.44. The third-order valence-corrected chi connectivity index (χ3v) is 4.88. The number of benzene rings is 2. The van der Waals surface area contributed by atoms with Crippen molar-refractivity contribution < 1.29 is 4.79 Å². The fraction of sp³-hybridized carbons (Fsp3) is 0.381. The van der Waals surface area contributed by atoms with Crippen LogP contribution in [0.3, 0.4) is 0 Å². The highest BCUT2D eigenvalue weighted by Crippen LogP contribution is 2.36. The average molecular weight is 322 g/mol. The van der Waals surface area contributed by atoms with Crippen molar-refractivity contribution in [3.63, 3.8) is 0 Å². The highest BCUT2D eigenvalue weighted by atomic mass is 16.2. The van der Waals surface area contributed by atoms with Crippen LogP contribution in [0.5, 0.6) is 0 Å². The van der Waals surface area contributed by atoms with Crippen LogP contribution in [0.2, 0.25) is 0 Å². The van der Waals surface area contributed by atoms with Gasteiger partial charge < -0.3 is 10.2 Å². The van der Waals surface area contributed by atoms with E-state index in [9.17, 15) is 4.79 Å². The molecule has 0 unspecified atom stereocenters. The monoisotopic (exact) mass is 322 g/mol. The zero-order chi connectivity index (χ0) is 17.1. The molecule has 2 atom stereocenters. The number of nitrogens with zero attached hydrogens (tertiary/aromatic N) is 1. The van der Waals surface area contributed by atoms with Crippen LogP contribution in [0.1, 0.15) is 42.5 Å². The first-order chi connectivity index (χ1) is 11.5. The predicted octanol–water partition coefficient (Wildman–Crippen LogP) is 5.31. The number of urea groups is 1. The van der Waals surface area contributed by atoms with E-state index in [4.69, 9.17) is 0 Å². The van der Waals surface area contributed by atoms with Crippen molar-refractivity contribution in [3.05, 3.63) is 65.2 Å². The summed E-state index contributed by atoms with van der Waals surface area (Å²) >= 11 is 0. The molecule has 24 heavy (non-hydrogen) atoms. The number of rotatable bonds is 2. The summed E-state index contributed by atoms with van der Waals surface area (Å²) in [7, 11) is 0. The van der Waals surface area contributed by atoms with Gasteiger partial charge in [0.15, 0.2) is 0 Å². The highest BCUT2D eigenvalue weighted by molar-refractivity contribution is 5.89. The minimum Gasteiger partial charge on any atom is -0.317 e. The summed E-state index contributed by atoms with van der Waals surface area (Å²) in [6.07, 6.45) is 2.22. The third kappa shape index (κ3) is 3.61. The molecule has 126 valence electrons. The van der Waals surface area contributed by atoms with E-state index in [2.05, 4.69) is 43.4 Å². The van der Waals surface area contributed by atoms with E-state index in [0.717, 1.165) is 30.6 Å². The van der Waals surface area contributed by atoms with E-state index in [-0.39, 0.29) is 12.1 Å². The van der Waals surface area contributed by atoms with Gasteiger partial charge in [0.1, 0.15) is 0 Å². The number of hydrogen-bond donors (Lipinski definition) is 1. The molecule has 2 amide bonds. The van der Waals surface area contributed by atoms with Gasteiger partial charge in [-0.1, -0.05) is 48.9 Å². The second-order valence-electron chi connectivity index (χ2n) is 6.97. The van der Waals surface area contributed by atoms with Gasteiger partial charge in [-0.05, 0) is 55.9 Å². The number of carbonyl (C=O) groups excluding carboxylic acids is 1. The van der Waals surface area contributed by atoms with Crippen LogP contribution in [0.15, 0.2) is 48.5 Å². The molecule has 0 bridgehead atoms. The van der Waals surface area contributed by atoms with Gasteiger partial charge in [0.2, 0.25) is 0 Å². The number of anilines is 1. The minimum absolute atomic E-state index is 0.00211. The number of carbonyl (C=O) groups is 1. The van der Waals surface area contributed by atoms with E-state index in [0.29, 0.717) is 5.92 Å². The zero-order valence-corrected chi connectivity index (χ0v) is 14.8. The molecule has 1 heterocycles. The molecule has 2 aromatic rings. The van der Waals surface area contributed by atoms with Crippen LogP contribution in [0.4, 0.5) is 10.5 Å². The highest BCUT2D eigenvalue weighted by Gasteiger charge is 2.33. The first-order valence-corrected chi connectivity index (χ1v) is 8.75. The predicted molar refractivity (Wildman–Crippen MR) is 99.2 cm³/mol. The molecular formula is C21H26N2O. The maximum atomic E-state index is 12.9. The number of likely N-dealkylation sites (tertiary alicyclic amines) is 1. The van der Waals surface area contributed by atoms with Gasteiger partial charge in [-0.15, -0.1) is 0 Å². The lowest BCUT2D eigenvalue weighted by Gasteiger charge is -2.40. The molecule has 3 nitrogen and oxygen atoms in total. The van der Waals surface area contributed by atoms with Gasteiger partial charge in [-0.25, -0.2) is 4.79 Å². The lowest BCUT2D eigenvalue weighted by molar-refractivity contribution is 0.129. The number of hydrogen-bond acceptors (Lipinski definition) is 1. The van der Waals surface area contributed by atoms with Crippen LogP contribution in [-0.2, 0) is 0 Å². The summed E-state index contributed by atoms with van der Waals surface area (Å²) in [4.78, 5) is 14.9. The Morgan fingerprint density at radius 3 is 2.54 bits per heavy atom. The summed E-state index contributed by atoms with van der Waals surface area (Å²) in [5, 5.41) is 3.07. The second kappa shape index (κ2) is 7.08. The quantitative estimate of drug-likeness (QED) is 0.798. The topological polar surface area (TPSA) is 32.3 Å². The standard InChI is InChI=1S/C21H26N2O/c1-15-9-11-18(12-10-15)20-17(3)7-5-13-23(20)21(24)22-19-8-4-6-16(2)14-19/h4,6,8-12,14,17,20H,5,7,13H2,1-3H3,(H,22,24)/t17-,20-/m1/s1. The molecule has 1 aliphatic heterocycles. The Morgan fingerprint density at radius 2 is 1.83 bits per heavy atom. The first kappa shape index (κ1) is 16.6. The first-order valence-electron chi connectivity index (χ1n) is 8.75. The molecule has 1 saturated heterocycles. The summed E-state index contributed by atoms with van der Waals surface area (Å²) in [5.74, 6) is 0.463. The molecule has 0 aliphatic carbocycles. The molecular weight excluding hydrogens is 296 g/mol. The van der Waals surface area contributed by atoms with Crippen LogP contribution < -0.4 is 5.32 Å². The zero-order valence-electron chi connectivity index (χ0n) is 14.8. The van der Waals surface area contributed by atoms with Crippen molar-refractivity contribution in [2.75, 3.05) is 11.9 Å². The Labute approximate surface area is 144 Å². The number of piperidine rings is 1. The van der Waals surface area contributed by atoms with Crippen molar-refractivity contribution in [1.82, 2.24) is 4.90 Å². The van der Waals surface area contributed by atoms with Gasteiger partial charge in [0.25, 0.3) is 0 Å². The van der Waals surface area contributed by atoms with Gasteiger partial charge in [0.05, 0.1) is 6.04 Å². The molecule has 2 aromatic carbocycles. The fourth-order valence-electron chi connectivity index (χ4n) is 3.61. The summed E-state index contributed by atoms with van der Waals surface area (Å²) in [6.45, 7) is 7.18. The maximum absolute atomic E-state index is 12.9. The van der Waals surface area contributed by atoms with Crippen molar-refractivity contribution in [2.24, 2.45) is 5.92 Å². The molecule has 0 radical (unpaired) electrons. The van der Waals surface area contributed by atoms with Crippen molar-refractivity contribution in [1.29, 1.82) is 0 Å². The summed E-state index contributed by atoms with van der Waals surface area (Å²) in [5.41, 5.74) is 4.49. The van der Waals surface area contributed by atoms with Crippen LogP contribution >= 0.6 is 0 Å². The Kier molecular flexibility index (Phi) is 4.89. The molecule has 0 saturated carbocycles. The third-order valence-electron chi connectivity index (χ3n) is 4.88. The van der Waals surface area contributed by atoms with E-state index in [1.54, 1.807) is 0 Å². The van der Waals surface area contributed by atoms with Gasteiger partial charge in [-0.2, -0.15) is 0 Å². The normalized spacial score (nSPS) is 20.7. The van der Waals surface area contributed by atoms with Gasteiger partial charge in [-0.3, -0.25) is 0 Å². The Morgan fingerprint density at radius 1 is 1.08 bits per heavy atom. The lowest BCUT2D eigenvalue weighted by atomic mass is 9.86. The largest absolute Gasteiger partial charge is 0.322 e. The average Bonchev–Trinajstić information content (AvgIpc) is 2.55. The summed E-state index contributed by atoms with van der Waals surface area (Å²) in [6, 6.07) is 16.7. The Balaban J connectivity index is 1.83. The molecule has 1 N–H and O–H groups in total. The SMILES string of the molecule is Cc1ccc([C@H]2[C@H](C)CCCN2C(=O)Nc2cccc(C)c2)cc1. The van der Waals surface area contributed by atoms with Gasteiger partial charge >= 0.3 is 6.03 Å². The molecule has 0 spiro atoms. The Hall–Kier alpha value is -2.29. The van der Waals surface area contributed by atoms with E-state index >= 15 is 0 Å². The minimum atomic E-state index is -0.00211. The molecule has 1 fully saturated rings. The second-order valence-corrected chi connectivity index (χ2v) is 6.97.